The molecule has 15 heteroatoms. The second kappa shape index (κ2) is 15.0. The van der Waals surface area contributed by atoms with Gasteiger partial charge in [-0.25, -0.2) is 4.79 Å². The highest BCUT2D eigenvalue weighted by Crippen LogP contribution is 2.12. The van der Waals surface area contributed by atoms with Crippen molar-refractivity contribution in [3.05, 3.63) is 29.8 Å². The van der Waals surface area contributed by atoms with E-state index in [4.69, 9.17) is 21.1 Å². The highest BCUT2D eigenvalue weighted by Gasteiger charge is 2.31. The second-order valence-electron chi connectivity index (χ2n) is 8.05. The molecule has 37 heavy (non-hydrogen) atoms. The molecule has 1 aromatic rings. The van der Waals surface area contributed by atoms with E-state index in [9.17, 15) is 39.0 Å². The fraction of sp³-hybridized carbons (Fsp3) is 0.455. The normalized spacial score (nSPS) is 13.9. The minimum atomic E-state index is -1.55. The number of carbonyl (C=O) groups is 6. The fourth-order valence-electron chi connectivity index (χ4n) is 3.05. The molecule has 0 saturated carbocycles. The van der Waals surface area contributed by atoms with Crippen LogP contribution in [0.25, 0.3) is 0 Å². The van der Waals surface area contributed by atoms with Crippen LogP contribution < -0.4 is 21.7 Å². The number of nitrogens with two attached hydrogens (primary N) is 1. The summed E-state index contributed by atoms with van der Waals surface area (Å²) in [4.78, 5) is 71.4. The van der Waals surface area contributed by atoms with Crippen molar-refractivity contribution in [2.45, 2.75) is 56.3 Å². The molecule has 0 radical (unpaired) electrons. The van der Waals surface area contributed by atoms with E-state index in [1.54, 1.807) is 0 Å². The smallest absolute Gasteiger partial charge is 0.326 e. The summed E-state index contributed by atoms with van der Waals surface area (Å²) in [5.74, 6) is -7.13. The SMILES string of the molecule is NC(CO)C(=O)NC(CCC(=O)O)C(=O)NC(CCC(=O)O)C(=O)NC(Cc1ccc(O)cc1)C(=O)O. The van der Waals surface area contributed by atoms with Crippen molar-refractivity contribution in [2.24, 2.45) is 5.73 Å². The van der Waals surface area contributed by atoms with Gasteiger partial charge in [0.15, 0.2) is 0 Å². The molecule has 0 bridgehead atoms. The third-order valence-electron chi connectivity index (χ3n) is 5.08. The zero-order valence-corrected chi connectivity index (χ0v) is 19.6. The summed E-state index contributed by atoms with van der Waals surface area (Å²) in [6.45, 7) is -0.764. The summed E-state index contributed by atoms with van der Waals surface area (Å²) >= 11 is 0. The van der Waals surface area contributed by atoms with E-state index in [0.29, 0.717) is 5.56 Å². The number of carboxylic acids is 3. The number of hydrogen-bond acceptors (Lipinski definition) is 9. The van der Waals surface area contributed by atoms with Gasteiger partial charge in [0.05, 0.1) is 6.61 Å². The van der Waals surface area contributed by atoms with Gasteiger partial charge < -0.3 is 47.2 Å². The Morgan fingerprint density at radius 1 is 0.730 bits per heavy atom. The average Bonchev–Trinajstić information content (AvgIpc) is 2.83. The summed E-state index contributed by atoms with van der Waals surface area (Å²) in [6, 6.07) is -0.439. The molecule has 204 valence electrons. The number of carbonyl (C=O) groups excluding carboxylic acids is 3. The molecule has 0 aliphatic carbocycles. The Bertz CT molecular complexity index is 983. The van der Waals surface area contributed by atoms with Crippen molar-refractivity contribution in [1.82, 2.24) is 16.0 Å². The van der Waals surface area contributed by atoms with Crippen LogP contribution >= 0.6 is 0 Å². The number of aliphatic hydroxyl groups is 1. The molecule has 0 aliphatic heterocycles. The van der Waals surface area contributed by atoms with E-state index < -0.39 is 92.1 Å². The number of nitrogens with one attached hydrogen (secondary N) is 3. The van der Waals surface area contributed by atoms with Crippen LogP contribution in [0, 0.1) is 0 Å². The van der Waals surface area contributed by atoms with Crippen molar-refractivity contribution in [1.29, 1.82) is 0 Å². The maximum absolute atomic E-state index is 12.9. The Morgan fingerprint density at radius 3 is 1.57 bits per heavy atom. The van der Waals surface area contributed by atoms with Crippen LogP contribution in [0.2, 0.25) is 0 Å². The molecular weight excluding hydrogens is 496 g/mol. The number of phenolic OH excluding ortho intramolecular Hbond substituents is 1. The predicted molar refractivity (Wildman–Crippen MR) is 124 cm³/mol. The predicted octanol–water partition coefficient (Wildman–Crippen LogP) is -2.48. The Balaban J connectivity index is 3.06. The summed E-state index contributed by atoms with van der Waals surface area (Å²) in [6.07, 6.45) is -2.22. The fourth-order valence-corrected chi connectivity index (χ4v) is 3.05. The van der Waals surface area contributed by atoms with Gasteiger partial charge in [0.2, 0.25) is 17.7 Å². The summed E-state index contributed by atoms with van der Waals surface area (Å²) in [5, 5.41) is 52.5. The Hall–Kier alpha value is -4.24. The Labute approximate surface area is 210 Å². The van der Waals surface area contributed by atoms with Crippen LogP contribution in [0.4, 0.5) is 0 Å². The van der Waals surface area contributed by atoms with Crippen LogP contribution in [0.5, 0.6) is 5.75 Å². The van der Waals surface area contributed by atoms with Crippen molar-refractivity contribution >= 4 is 35.6 Å². The van der Waals surface area contributed by atoms with Crippen molar-refractivity contribution in [3.63, 3.8) is 0 Å². The van der Waals surface area contributed by atoms with Gasteiger partial charge in [0.25, 0.3) is 0 Å². The van der Waals surface area contributed by atoms with Gasteiger partial charge in [0, 0.05) is 19.3 Å². The van der Waals surface area contributed by atoms with Crippen LogP contribution in [0.1, 0.15) is 31.2 Å². The van der Waals surface area contributed by atoms with E-state index in [1.165, 1.54) is 24.3 Å². The lowest BCUT2D eigenvalue weighted by atomic mass is 10.0. The van der Waals surface area contributed by atoms with Crippen molar-refractivity contribution < 1.29 is 54.3 Å². The van der Waals surface area contributed by atoms with E-state index in [1.807, 2.05) is 0 Å². The van der Waals surface area contributed by atoms with Gasteiger partial charge in [-0.1, -0.05) is 12.1 Å². The van der Waals surface area contributed by atoms with Crippen LogP contribution in [-0.4, -0.2) is 91.9 Å². The second-order valence-corrected chi connectivity index (χ2v) is 8.05. The minimum Gasteiger partial charge on any atom is -0.508 e. The first-order valence-electron chi connectivity index (χ1n) is 11.1. The first-order chi connectivity index (χ1) is 17.3. The average molecular weight is 526 g/mol. The molecular formula is C22H30N4O11. The van der Waals surface area contributed by atoms with Gasteiger partial charge in [-0.15, -0.1) is 0 Å². The molecule has 4 atom stereocenters. The maximum atomic E-state index is 12.9. The highest BCUT2D eigenvalue weighted by atomic mass is 16.4. The number of aromatic hydroxyl groups is 1. The Kier molecular flexibility index (Phi) is 12.5. The minimum absolute atomic E-state index is 0.0550. The molecule has 0 fully saturated rings. The first-order valence-corrected chi connectivity index (χ1v) is 11.1. The molecule has 0 heterocycles. The number of aliphatic hydroxyl groups excluding tert-OH is 1. The van der Waals surface area contributed by atoms with Crippen LogP contribution in [-0.2, 0) is 35.2 Å². The zero-order chi connectivity index (χ0) is 28.1. The number of benzene rings is 1. The van der Waals surface area contributed by atoms with Gasteiger partial charge in [-0.2, -0.15) is 0 Å². The molecule has 15 nitrogen and oxygen atoms in total. The number of phenols is 1. The van der Waals surface area contributed by atoms with Crippen LogP contribution in [0.15, 0.2) is 24.3 Å². The third-order valence-corrected chi connectivity index (χ3v) is 5.08. The molecule has 0 saturated heterocycles. The van der Waals surface area contributed by atoms with E-state index in [-0.39, 0.29) is 12.2 Å². The van der Waals surface area contributed by atoms with Gasteiger partial charge in [-0.05, 0) is 30.5 Å². The number of hydrogen-bond donors (Lipinski definition) is 9. The lowest BCUT2D eigenvalue weighted by molar-refractivity contribution is -0.143. The number of aliphatic carboxylic acids is 3. The van der Waals surface area contributed by atoms with Gasteiger partial charge >= 0.3 is 17.9 Å². The monoisotopic (exact) mass is 526 g/mol. The lowest BCUT2D eigenvalue weighted by Crippen LogP contribution is -2.57. The van der Waals surface area contributed by atoms with E-state index >= 15 is 0 Å². The summed E-state index contributed by atoms with van der Waals surface area (Å²) < 4.78 is 0. The third kappa shape index (κ3) is 11.4. The number of amides is 3. The molecule has 3 amide bonds. The quantitative estimate of drug-likeness (QED) is 0.108. The number of rotatable bonds is 16. The lowest BCUT2D eigenvalue weighted by Gasteiger charge is -2.24. The molecule has 10 N–H and O–H groups in total. The molecule has 0 spiro atoms. The topological polar surface area (TPSA) is 266 Å². The molecule has 0 aliphatic rings. The largest absolute Gasteiger partial charge is 0.508 e. The maximum Gasteiger partial charge on any atom is 0.326 e. The Morgan fingerprint density at radius 2 is 1.16 bits per heavy atom. The van der Waals surface area contributed by atoms with Crippen molar-refractivity contribution in [3.8, 4) is 5.75 Å². The van der Waals surface area contributed by atoms with Crippen LogP contribution in [0.3, 0.4) is 0 Å². The standard InChI is InChI=1S/C22H30N4O11/c23-13(10-27)19(33)24-14(5-7-17(29)30)20(34)25-15(6-8-18(31)32)21(35)26-16(22(36)37)9-11-1-3-12(28)4-2-11/h1-4,13-16,27-28H,5-10,23H2,(H,24,33)(H,25,34)(H,26,35)(H,29,30)(H,31,32)(H,36,37). The molecule has 1 aromatic carbocycles. The van der Waals surface area contributed by atoms with E-state index in [2.05, 4.69) is 16.0 Å². The van der Waals surface area contributed by atoms with E-state index in [0.717, 1.165) is 0 Å². The first kappa shape index (κ1) is 30.8. The molecule has 4 unspecified atom stereocenters. The molecule has 1 rings (SSSR count). The van der Waals surface area contributed by atoms with Crippen molar-refractivity contribution in [2.75, 3.05) is 6.61 Å². The summed E-state index contributed by atoms with van der Waals surface area (Å²) in [7, 11) is 0. The molecule has 0 aromatic heterocycles. The zero-order valence-electron chi connectivity index (χ0n) is 19.6. The van der Waals surface area contributed by atoms with Gasteiger partial charge in [0.1, 0.15) is 29.9 Å². The number of carboxylic acid groups (broad SMARTS) is 3. The highest BCUT2D eigenvalue weighted by molar-refractivity contribution is 5.94. The van der Waals surface area contributed by atoms with Gasteiger partial charge in [-0.3, -0.25) is 24.0 Å². The summed E-state index contributed by atoms with van der Waals surface area (Å²) in [5.41, 5.74) is 5.85.